The van der Waals surface area contributed by atoms with Gasteiger partial charge in [0.15, 0.2) is 0 Å². The number of benzene rings is 1. The van der Waals surface area contributed by atoms with Gasteiger partial charge in [-0.05, 0) is 6.07 Å². The van der Waals surface area contributed by atoms with Crippen molar-refractivity contribution in [3.63, 3.8) is 0 Å². The molecule has 0 aliphatic heterocycles. The van der Waals surface area contributed by atoms with Crippen LogP contribution in [0.4, 0.5) is 0 Å². The van der Waals surface area contributed by atoms with Crippen LogP contribution >= 0.6 is 0 Å². The molecule has 2 rings (SSSR count). The Balaban J connectivity index is 0.000000245. The molecule has 80 valence electrons. The number of aromatic nitrogens is 2. The van der Waals surface area contributed by atoms with E-state index < -0.39 is 0 Å². The van der Waals surface area contributed by atoms with E-state index >= 15 is 0 Å². The Morgan fingerprint density at radius 3 is 2.53 bits per heavy atom. The molecule has 0 fully saturated rings. The largest absolute Gasteiger partial charge is 0.345 e. The molecule has 3 nitrogen and oxygen atoms in total. The summed E-state index contributed by atoms with van der Waals surface area (Å²) in [4.78, 5) is 16.9. The van der Waals surface area contributed by atoms with Crippen molar-refractivity contribution in [1.29, 1.82) is 0 Å². The lowest BCUT2D eigenvalue weighted by atomic mass is 10.2. The first-order valence-corrected chi connectivity index (χ1v) is 5.22. The van der Waals surface area contributed by atoms with Gasteiger partial charge in [0, 0.05) is 11.6 Å². The highest BCUT2D eigenvalue weighted by Gasteiger charge is 1.90. The fraction of sp³-hybridized carbons (Fsp3) is 0.333. The third-order valence-electron chi connectivity index (χ3n) is 2.02. The first-order valence-electron chi connectivity index (χ1n) is 5.22. The zero-order valence-corrected chi connectivity index (χ0v) is 9.16. The number of nitrogens with zero attached hydrogens (tertiary/aromatic N) is 1. The maximum atomic E-state index is 10.7. The summed E-state index contributed by atoms with van der Waals surface area (Å²) >= 11 is 0. The van der Waals surface area contributed by atoms with Crippen LogP contribution in [-0.4, -0.2) is 9.97 Å². The maximum Gasteiger partial charge on any atom is 0.345 e. The van der Waals surface area contributed by atoms with Gasteiger partial charge in [-0.2, -0.15) is 0 Å². The number of hydrogen-bond donors (Lipinski definition) is 1. The molecular formula is C12H16N2O. The molecule has 3 heteroatoms. The minimum absolute atomic E-state index is 0.302. The Morgan fingerprint density at radius 1 is 1.20 bits per heavy atom. The number of para-hydroxylation sites is 1. The molecule has 1 heterocycles. The second-order valence-electron chi connectivity index (χ2n) is 3.28. The van der Waals surface area contributed by atoms with Gasteiger partial charge in [0.25, 0.3) is 0 Å². The molecule has 0 saturated carbocycles. The van der Waals surface area contributed by atoms with Crippen LogP contribution in [-0.2, 0) is 0 Å². The fourth-order valence-electron chi connectivity index (χ4n) is 0.999. The number of unbranched alkanes of at least 4 members (excludes halogenated alkanes) is 1. The summed E-state index contributed by atoms with van der Waals surface area (Å²) in [5.41, 5.74) is 0.524. The zero-order chi connectivity index (χ0) is 11.1. The number of H-pyrrole nitrogens is 1. The molecule has 0 amide bonds. The first-order chi connectivity index (χ1) is 7.27. The Bertz CT molecular complexity index is 460. The van der Waals surface area contributed by atoms with E-state index in [1.54, 1.807) is 6.20 Å². The standard InChI is InChI=1S/C8H6N2O.C4H10/c11-8-9-5-6-3-1-2-4-7(6)10-8;1-3-4-2/h1-5H,(H,9,10,11);3-4H2,1-2H3. The van der Waals surface area contributed by atoms with Gasteiger partial charge in [0.1, 0.15) is 0 Å². The van der Waals surface area contributed by atoms with Crippen molar-refractivity contribution in [3.8, 4) is 0 Å². The zero-order valence-electron chi connectivity index (χ0n) is 9.16. The third kappa shape index (κ3) is 3.54. The quantitative estimate of drug-likeness (QED) is 0.776. The summed E-state index contributed by atoms with van der Waals surface area (Å²) in [5, 5.41) is 0.951. The highest BCUT2D eigenvalue weighted by molar-refractivity contribution is 5.76. The van der Waals surface area contributed by atoms with Crippen LogP contribution in [0.3, 0.4) is 0 Å². The van der Waals surface area contributed by atoms with E-state index in [1.807, 2.05) is 24.3 Å². The van der Waals surface area contributed by atoms with Crippen molar-refractivity contribution in [2.75, 3.05) is 0 Å². The lowest BCUT2D eigenvalue weighted by molar-refractivity contribution is 0.886. The molecule has 15 heavy (non-hydrogen) atoms. The van der Waals surface area contributed by atoms with Crippen LogP contribution in [0.1, 0.15) is 26.7 Å². The summed E-state index contributed by atoms with van der Waals surface area (Å²) in [5.74, 6) is 0. The van der Waals surface area contributed by atoms with E-state index in [0.717, 1.165) is 10.9 Å². The Kier molecular flexibility index (Phi) is 4.54. The smallest absolute Gasteiger partial charge is 0.305 e. The molecule has 0 spiro atoms. The number of fused-ring (bicyclic) bond motifs is 1. The summed E-state index contributed by atoms with van der Waals surface area (Å²) in [6.07, 6.45) is 4.20. The van der Waals surface area contributed by atoms with Crippen molar-refractivity contribution in [2.45, 2.75) is 26.7 Å². The predicted molar refractivity (Wildman–Crippen MR) is 62.9 cm³/mol. The molecule has 0 saturated heterocycles. The average Bonchev–Trinajstić information content (AvgIpc) is 2.29. The summed E-state index contributed by atoms with van der Waals surface area (Å²) < 4.78 is 0. The van der Waals surface area contributed by atoms with Gasteiger partial charge < -0.3 is 4.98 Å². The van der Waals surface area contributed by atoms with Crippen molar-refractivity contribution in [3.05, 3.63) is 40.9 Å². The molecular weight excluding hydrogens is 188 g/mol. The number of hydrogen-bond acceptors (Lipinski definition) is 2. The lowest BCUT2D eigenvalue weighted by Crippen LogP contribution is -2.07. The summed E-state index contributed by atoms with van der Waals surface area (Å²) in [6.45, 7) is 4.36. The first kappa shape index (κ1) is 11.4. The van der Waals surface area contributed by atoms with E-state index in [2.05, 4.69) is 23.8 Å². The molecule has 0 unspecified atom stereocenters. The molecule has 0 atom stereocenters. The Labute approximate surface area is 89.2 Å². The predicted octanol–water partition coefficient (Wildman–Crippen LogP) is 2.73. The van der Waals surface area contributed by atoms with E-state index in [9.17, 15) is 4.79 Å². The number of aromatic amines is 1. The van der Waals surface area contributed by atoms with Crippen molar-refractivity contribution in [1.82, 2.24) is 9.97 Å². The topological polar surface area (TPSA) is 45.8 Å². The summed E-state index contributed by atoms with van der Waals surface area (Å²) in [6, 6.07) is 7.53. The molecule has 0 bridgehead atoms. The van der Waals surface area contributed by atoms with E-state index in [0.29, 0.717) is 0 Å². The maximum absolute atomic E-state index is 10.7. The van der Waals surface area contributed by atoms with Gasteiger partial charge in [0.2, 0.25) is 0 Å². The van der Waals surface area contributed by atoms with Crippen LogP contribution in [0.15, 0.2) is 35.3 Å². The normalized spacial score (nSPS) is 9.47. The van der Waals surface area contributed by atoms with Gasteiger partial charge in [-0.25, -0.2) is 9.78 Å². The van der Waals surface area contributed by atoms with Crippen LogP contribution in [0.25, 0.3) is 10.9 Å². The molecule has 2 aromatic rings. The monoisotopic (exact) mass is 204 g/mol. The van der Waals surface area contributed by atoms with Crippen LogP contribution in [0.5, 0.6) is 0 Å². The molecule has 1 N–H and O–H groups in total. The van der Waals surface area contributed by atoms with E-state index in [-0.39, 0.29) is 5.69 Å². The van der Waals surface area contributed by atoms with Crippen molar-refractivity contribution in [2.24, 2.45) is 0 Å². The van der Waals surface area contributed by atoms with Crippen LogP contribution < -0.4 is 5.69 Å². The molecule has 0 aliphatic rings. The minimum atomic E-state index is -0.302. The van der Waals surface area contributed by atoms with Gasteiger partial charge in [-0.15, -0.1) is 0 Å². The van der Waals surface area contributed by atoms with Gasteiger partial charge in [-0.1, -0.05) is 44.9 Å². The van der Waals surface area contributed by atoms with Crippen molar-refractivity contribution >= 4 is 10.9 Å². The number of rotatable bonds is 1. The number of nitrogens with one attached hydrogen (secondary N) is 1. The van der Waals surface area contributed by atoms with Gasteiger partial charge >= 0.3 is 5.69 Å². The molecule has 0 radical (unpaired) electrons. The second kappa shape index (κ2) is 5.96. The van der Waals surface area contributed by atoms with E-state index in [4.69, 9.17) is 0 Å². The summed E-state index contributed by atoms with van der Waals surface area (Å²) in [7, 11) is 0. The molecule has 0 aliphatic carbocycles. The van der Waals surface area contributed by atoms with Gasteiger partial charge in [0.05, 0.1) is 5.52 Å². The Hall–Kier alpha value is -1.64. The fourth-order valence-corrected chi connectivity index (χ4v) is 0.999. The van der Waals surface area contributed by atoms with Gasteiger partial charge in [-0.3, -0.25) is 0 Å². The highest BCUT2D eigenvalue weighted by atomic mass is 16.1. The second-order valence-corrected chi connectivity index (χ2v) is 3.28. The van der Waals surface area contributed by atoms with E-state index in [1.165, 1.54) is 12.8 Å². The van der Waals surface area contributed by atoms with Crippen LogP contribution in [0, 0.1) is 0 Å². The average molecular weight is 204 g/mol. The third-order valence-corrected chi connectivity index (χ3v) is 2.02. The molecule has 1 aromatic carbocycles. The Morgan fingerprint density at radius 2 is 1.87 bits per heavy atom. The molecule has 1 aromatic heterocycles. The minimum Gasteiger partial charge on any atom is -0.305 e. The SMILES string of the molecule is CCCC.O=c1ncc2ccccc2[nH]1. The van der Waals surface area contributed by atoms with Crippen LogP contribution in [0.2, 0.25) is 0 Å². The highest BCUT2D eigenvalue weighted by Crippen LogP contribution is 2.05. The lowest BCUT2D eigenvalue weighted by Gasteiger charge is -1.92. The van der Waals surface area contributed by atoms with Crippen molar-refractivity contribution < 1.29 is 0 Å².